The first-order chi connectivity index (χ1) is 9.95. The highest BCUT2D eigenvalue weighted by molar-refractivity contribution is 7.17. The van der Waals surface area contributed by atoms with E-state index in [0.29, 0.717) is 21.4 Å². The number of nitrogen functional groups attached to an aromatic ring is 1. The number of aryl methyl sites for hydroxylation is 1. The van der Waals surface area contributed by atoms with Gasteiger partial charge in [0.15, 0.2) is 5.13 Å². The highest BCUT2D eigenvalue weighted by atomic mass is 32.1. The van der Waals surface area contributed by atoms with Crippen molar-refractivity contribution < 1.29 is 14.7 Å². The highest BCUT2D eigenvalue weighted by Crippen LogP contribution is 2.21. The molecule has 2 rings (SSSR count). The molecule has 21 heavy (non-hydrogen) atoms. The standard InChI is InChI=1S/C14H13N3O3S/c1-8-12(21-14(15)16-8)13(20)17-10-5-2-9(3-6-10)4-7-11(18)19/h2-7H,1H3,(H2,15,16)(H,17,20)(H,18,19)/b7-4+. The van der Waals surface area contributed by atoms with Crippen molar-refractivity contribution in [1.29, 1.82) is 0 Å². The molecule has 7 heteroatoms. The van der Waals surface area contributed by atoms with Crippen LogP contribution in [0.15, 0.2) is 30.3 Å². The van der Waals surface area contributed by atoms with E-state index in [4.69, 9.17) is 10.8 Å². The van der Waals surface area contributed by atoms with Gasteiger partial charge in [-0.15, -0.1) is 0 Å². The van der Waals surface area contributed by atoms with Crippen LogP contribution in [-0.4, -0.2) is 22.0 Å². The van der Waals surface area contributed by atoms with Gasteiger partial charge in [-0.3, -0.25) is 4.79 Å². The molecule has 4 N–H and O–H groups in total. The van der Waals surface area contributed by atoms with Crippen LogP contribution >= 0.6 is 11.3 Å². The summed E-state index contributed by atoms with van der Waals surface area (Å²) < 4.78 is 0. The van der Waals surface area contributed by atoms with Gasteiger partial charge in [0.25, 0.3) is 5.91 Å². The van der Waals surface area contributed by atoms with Crippen molar-refractivity contribution in [3.63, 3.8) is 0 Å². The number of benzene rings is 1. The molecule has 1 aromatic carbocycles. The lowest BCUT2D eigenvalue weighted by Crippen LogP contribution is -2.11. The van der Waals surface area contributed by atoms with Crippen LogP contribution in [0.4, 0.5) is 10.8 Å². The summed E-state index contributed by atoms with van der Waals surface area (Å²) in [4.78, 5) is 27.0. The van der Waals surface area contributed by atoms with Crippen LogP contribution in [0, 0.1) is 6.92 Å². The minimum atomic E-state index is -1.01. The molecule has 0 unspecified atom stereocenters. The van der Waals surface area contributed by atoms with E-state index >= 15 is 0 Å². The number of thiazole rings is 1. The molecule has 0 saturated carbocycles. The minimum Gasteiger partial charge on any atom is -0.478 e. The van der Waals surface area contributed by atoms with E-state index in [0.717, 1.165) is 23.0 Å². The van der Waals surface area contributed by atoms with Crippen LogP contribution in [0.5, 0.6) is 0 Å². The summed E-state index contributed by atoms with van der Waals surface area (Å²) >= 11 is 1.13. The van der Waals surface area contributed by atoms with E-state index in [1.165, 1.54) is 6.08 Å². The first-order valence-electron chi connectivity index (χ1n) is 6.01. The van der Waals surface area contributed by atoms with E-state index in [-0.39, 0.29) is 5.91 Å². The lowest BCUT2D eigenvalue weighted by atomic mass is 10.2. The Bertz CT molecular complexity index is 705. The third-order valence-corrected chi connectivity index (χ3v) is 3.59. The molecule has 0 aliphatic heterocycles. The number of rotatable bonds is 4. The summed E-state index contributed by atoms with van der Waals surface area (Å²) in [6.07, 6.45) is 2.53. The number of amides is 1. The molecular formula is C14H13N3O3S. The van der Waals surface area contributed by atoms with Crippen molar-refractivity contribution in [2.24, 2.45) is 0 Å². The largest absolute Gasteiger partial charge is 0.478 e. The zero-order valence-corrected chi connectivity index (χ0v) is 12.0. The van der Waals surface area contributed by atoms with Gasteiger partial charge in [-0.05, 0) is 30.7 Å². The predicted octanol–water partition coefficient (Wildman–Crippen LogP) is 2.38. The van der Waals surface area contributed by atoms with Gasteiger partial charge in [-0.1, -0.05) is 23.5 Å². The van der Waals surface area contributed by atoms with Crippen LogP contribution in [0.1, 0.15) is 20.9 Å². The van der Waals surface area contributed by atoms with Gasteiger partial charge in [-0.2, -0.15) is 0 Å². The Morgan fingerprint density at radius 2 is 2.00 bits per heavy atom. The molecule has 0 atom stereocenters. The van der Waals surface area contributed by atoms with E-state index in [2.05, 4.69) is 10.3 Å². The third kappa shape index (κ3) is 3.90. The SMILES string of the molecule is Cc1nc(N)sc1C(=O)Nc1ccc(/C=C/C(=O)O)cc1. The third-order valence-electron chi connectivity index (χ3n) is 2.61. The predicted molar refractivity (Wildman–Crippen MR) is 82.3 cm³/mol. The van der Waals surface area contributed by atoms with Crippen molar-refractivity contribution in [1.82, 2.24) is 4.98 Å². The van der Waals surface area contributed by atoms with E-state index < -0.39 is 5.97 Å². The first-order valence-corrected chi connectivity index (χ1v) is 6.82. The number of hydrogen-bond acceptors (Lipinski definition) is 5. The van der Waals surface area contributed by atoms with Crippen molar-refractivity contribution in [3.8, 4) is 0 Å². The number of nitrogens with one attached hydrogen (secondary N) is 1. The molecule has 1 heterocycles. The highest BCUT2D eigenvalue weighted by Gasteiger charge is 2.14. The van der Waals surface area contributed by atoms with E-state index in [1.807, 2.05) is 0 Å². The number of carboxylic acids is 1. The molecule has 1 aromatic heterocycles. The number of hydrogen-bond donors (Lipinski definition) is 3. The molecule has 0 aliphatic rings. The molecule has 0 radical (unpaired) electrons. The summed E-state index contributed by atoms with van der Waals surface area (Å²) in [5.41, 5.74) is 7.49. The van der Waals surface area contributed by atoms with Gasteiger partial charge in [-0.25, -0.2) is 9.78 Å². The second kappa shape index (κ2) is 6.19. The smallest absolute Gasteiger partial charge is 0.328 e. The van der Waals surface area contributed by atoms with Gasteiger partial charge in [0.1, 0.15) is 4.88 Å². The second-order valence-corrected chi connectivity index (χ2v) is 5.24. The zero-order chi connectivity index (χ0) is 15.4. The Balaban J connectivity index is 2.08. The maximum atomic E-state index is 12.1. The fraction of sp³-hybridized carbons (Fsp3) is 0.0714. The van der Waals surface area contributed by atoms with Crippen LogP contribution in [-0.2, 0) is 4.79 Å². The van der Waals surface area contributed by atoms with Crippen molar-refractivity contribution in [2.75, 3.05) is 11.1 Å². The number of carboxylic acid groups (broad SMARTS) is 1. The molecule has 0 bridgehead atoms. The Morgan fingerprint density at radius 1 is 1.33 bits per heavy atom. The minimum absolute atomic E-state index is 0.268. The fourth-order valence-corrected chi connectivity index (χ4v) is 2.39. The maximum Gasteiger partial charge on any atom is 0.328 e. The molecule has 0 spiro atoms. The molecule has 0 fully saturated rings. The van der Waals surface area contributed by atoms with Crippen molar-refractivity contribution in [3.05, 3.63) is 46.5 Å². The zero-order valence-electron chi connectivity index (χ0n) is 11.2. The summed E-state index contributed by atoms with van der Waals surface area (Å²) in [7, 11) is 0. The van der Waals surface area contributed by atoms with Gasteiger partial charge >= 0.3 is 5.97 Å². The van der Waals surface area contributed by atoms with Crippen LogP contribution in [0.2, 0.25) is 0 Å². The van der Waals surface area contributed by atoms with Gasteiger partial charge in [0, 0.05) is 11.8 Å². The molecule has 0 saturated heterocycles. The number of nitrogens with zero attached hydrogens (tertiary/aromatic N) is 1. The van der Waals surface area contributed by atoms with Gasteiger partial charge in [0.05, 0.1) is 5.69 Å². The van der Waals surface area contributed by atoms with E-state index in [1.54, 1.807) is 31.2 Å². The monoisotopic (exact) mass is 303 g/mol. The van der Waals surface area contributed by atoms with Crippen LogP contribution < -0.4 is 11.1 Å². The fourth-order valence-electron chi connectivity index (χ4n) is 1.66. The molecular weight excluding hydrogens is 290 g/mol. The summed E-state index contributed by atoms with van der Waals surface area (Å²) in [6.45, 7) is 1.72. The average molecular weight is 303 g/mol. The molecule has 1 amide bonds. The molecule has 2 aromatic rings. The topological polar surface area (TPSA) is 105 Å². The lowest BCUT2D eigenvalue weighted by Gasteiger charge is -2.04. The number of aliphatic carboxylic acids is 1. The summed E-state index contributed by atoms with van der Waals surface area (Å²) in [5, 5.41) is 11.6. The van der Waals surface area contributed by atoms with Crippen molar-refractivity contribution >= 4 is 40.1 Å². The number of aromatic nitrogens is 1. The van der Waals surface area contributed by atoms with Gasteiger partial charge in [0.2, 0.25) is 0 Å². The summed E-state index contributed by atoms with van der Waals surface area (Å²) in [5.74, 6) is -1.28. The number of carbonyl (C=O) groups excluding carboxylic acids is 1. The quantitative estimate of drug-likeness (QED) is 0.752. The molecule has 0 aliphatic carbocycles. The normalized spacial score (nSPS) is 10.7. The number of nitrogens with two attached hydrogens (primary N) is 1. The lowest BCUT2D eigenvalue weighted by molar-refractivity contribution is -0.131. The summed E-state index contributed by atoms with van der Waals surface area (Å²) in [6, 6.07) is 6.81. The van der Waals surface area contributed by atoms with E-state index in [9.17, 15) is 9.59 Å². The molecule has 108 valence electrons. The Hall–Kier alpha value is -2.67. The number of anilines is 2. The Labute approximate surface area is 124 Å². The van der Waals surface area contributed by atoms with Crippen molar-refractivity contribution in [2.45, 2.75) is 6.92 Å². The first kappa shape index (κ1) is 14.7. The maximum absolute atomic E-state index is 12.1. The van der Waals surface area contributed by atoms with Gasteiger partial charge < -0.3 is 16.2 Å². The second-order valence-electron chi connectivity index (χ2n) is 4.21. The number of carbonyl (C=O) groups is 2. The Morgan fingerprint density at radius 3 is 2.52 bits per heavy atom. The van der Waals surface area contributed by atoms with Crippen LogP contribution in [0.3, 0.4) is 0 Å². The van der Waals surface area contributed by atoms with Crippen LogP contribution in [0.25, 0.3) is 6.08 Å². The average Bonchev–Trinajstić information content (AvgIpc) is 2.77. The Kier molecular flexibility index (Phi) is 4.34. The molecule has 6 nitrogen and oxygen atoms in total.